The molecule has 1 aliphatic carbocycles. The Bertz CT molecular complexity index is 492. The number of methoxy groups -OCH3 is 1. The molecule has 1 saturated carbocycles. The van der Waals surface area contributed by atoms with Gasteiger partial charge in [-0.15, -0.1) is 0 Å². The predicted octanol–water partition coefficient (Wildman–Crippen LogP) is 2.00. The van der Waals surface area contributed by atoms with Crippen LogP contribution in [-0.4, -0.2) is 25.2 Å². The van der Waals surface area contributed by atoms with Crippen molar-refractivity contribution in [1.29, 1.82) is 0 Å². The van der Waals surface area contributed by atoms with Gasteiger partial charge in [0.2, 0.25) is 0 Å². The third-order valence-corrected chi connectivity index (χ3v) is 4.01. The van der Waals surface area contributed by atoms with Crippen LogP contribution in [0.25, 0.3) is 0 Å². The van der Waals surface area contributed by atoms with E-state index in [2.05, 4.69) is 22.9 Å². The zero-order valence-corrected chi connectivity index (χ0v) is 10.9. The smallest absolute Gasteiger partial charge is 0.196 e. The molecule has 1 spiro atoms. The third-order valence-electron chi connectivity index (χ3n) is 4.01. The summed E-state index contributed by atoms with van der Waals surface area (Å²) < 4.78 is 5.28. The van der Waals surface area contributed by atoms with Gasteiger partial charge in [0.1, 0.15) is 5.75 Å². The van der Waals surface area contributed by atoms with Crippen LogP contribution in [-0.2, 0) is 0 Å². The number of anilines is 1. The highest BCUT2D eigenvalue weighted by molar-refractivity contribution is 5.98. The van der Waals surface area contributed by atoms with Crippen LogP contribution in [0.15, 0.2) is 29.3 Å². The lowest BCUT2D eigenvalue weighted by Crippen LogP contribution is -2.59. The van der Waals surface area contributed by atoms with E-state index in [1.54, 1.807) is 7.11 Å². The van der Waals surface area contributed by atoms with E-state index in [0.29, 0.717) is 5.96 Å². The van der Waals surface area contributed by atoms with Crippen molar-refractivity contribution in [3.63, 3.8) is 0 Å². The highest BCUT2D eigenvalue weighted by Crippen LogP contribution is 2.47. The Kier molecular flexibility index (Phi) is 2.47. The number of hydrogen-bond donors (Lipinski definition) is 1. The molecule has 2 aliphatic rings. The largest absolute Gasteiger partial charge is 0.497 e. The summed E-state index contributed by atoms with van der Waals surface area (Å²) in [4.78, 5) is 6.63. The van der Waals surface area contributed by atoms with E-state index < -0.39 is 0 Å². The molecule has 0 bridgehead atoms. The molecule has 1 aliphatic heterocycles. The van der Waals surface area contributed by atoms with E-state index in [-0.39, 0.29) is 5.54 Å². The summed E-state index contributed by atoms with van der Waals surface area (Å²) in [5, 5.41) is 0. The molecule has 3 rings (SSSR count). The maximum absolute atomic E-state index is 6.07. The van der Waals surface area contributed by atoms with Crippen LogP contribution in [0.4, 0.5) is 5.69 Å². The number of nitrogens with zero attached hydrogens (tertiary/aromatic N) is 2. The molecule has 4 heteroatoms. The second-order valence-corrected chi connectivity index (χ2v) is 5.45. The molecule has 96 valence electrons. The maximum Gasteiger partial charge on any atom is 0.196 e. The zero-order chi connectivity index (χ0) is 12.8. The fraction of sp³-hybridized carbons (Fsp3) is 0.500. The molecule has 0 saturated heterocycles. The van der Waals surface area contributed by atoms with E-state index in [0.717, 1.165) is 36.7 Å². The Hall–Kier alpha value is -1.71. The van der Waals surface area contributed by atoms with Crippen LogP contribution < -0.4 is 15.4 Å². The number of nitrogens with two attached hydrogens (primary N) is 1. The van der Waals surface area contributed by atoms with Crippen molar-refractivity contribution in [1.82, 2.24) is 0 Å². The molecule has 0 atom stereocenters. The quantitative estimate of drug-likeness (QED) is 0.867. The minimum absolute atomic E-state index is 0.121. The van der Waals surface area contributed by atoms with Gasteiger partial charge in [-0.1, -0.05) is 13.0 Å². The SMILES string of the molecule is COc1cccc(N2C(N)=NCC23CC(C)C3)c1. The van der Waals surface area contributed by atoms with E-state index >= 15 is 0 Å². The Balaban J connectivity index is 1.95. The second kappa shape index (κ2) is 3.90. The first-order chi connectivity index (χ1) is 8.64. The van der Waals surface area contributed by atoms with E-state index in [4.69, 9.17) is 10.5 Å². The molecule has 0 amide bonds. The Morgan fingerprint density at radius 1 is 1.44 bits per heavy atom. The van der Waals surface area contributed by atoms with Crippen LogP contribution in [0.1, 0.15) is 19.8 Å². The van der Waals surface area contributed by atoms with Crippen molar-refractivity contribution >= 4 is 11.6 Å². The number of guanidine groups is 1. The average Bonchev–Trinajstić information content (AvgIpc) is 2.67. The Morgan fingerprint density at radius 2 is 2.22 bits per heavy atom. The van der Waals surface area contributed by atoms with Gasteiger partial charge in [0.15, 0.2) is 5.96 Å². The van der Waals surface area contributed by atoms with Crippen LogP contribution in [0.3, 0.4) is 0 Å². The average molecular weight is 245 g/mol. The van der Waals surface area contributed by atoms with Gasteiger partial charge in [0, 0.05) is 11.8 Å². The summed E-state index contributed by atoms with van der Waals surface area (Å²) in [5.74, 6) is 2.25. The summed E-state index contributed by atoms with van der Waals surface area (Å²) in [5.41, 5.74) is 7.27. The fourth-order valence-electron chi connectivity index (χ4n) is 3.32. The Morgan fingerprint density at radius 3 is 2.89 bits per heavy atom. The minimum atomic E-state index is 0.121. The molecule has 1 heterocycles. The summed E-state index contributed by atoms with van der Waals surface area (Å²) in [6.07, 6.45) is 2.32. The van der Waals surface area contributed by atoms with Gasteiger partial charge >= 0.3 is 0 Å². The van der Waals surface area contributed by atoms with Crippen molar-refractivity contribution < 1.29 is 4.74 Å². The van der Waals surface area contributed by atoms with Crippen molar-refractivity contribution in [2.24, 2.45) is 16.6 Å². The molecule has 0 unspecified atom stereocenters. The van der Waals surface area contributed by atoms with Crippen LogP contribution in [0.2, 0.25) is 0 Å². The maximum atomic E-state index is 6.07. The molecule has 1 aromatic carbocycles. The summed E-state index contributed by atoms with van der Waals surface area (Å²) in [6, 6.07) is 8.04. The van der Waals surface area contributed by atoms with Crippen molar-refractivity contribution in [2.75, 3.05) is 18.6 Å². The minimum Gasteiger partial charge on any atom is -0.497 e. The standard InChI is InChI=1S/C14H19N3O/c1-10-7-14(8-10)9-16-13(15)17(14)11-4-3-5-12(6-11)18-2/h3-6,10H,7-9H2,1-2H3,(H2,15,16). The predicted molar refractivity (Wildman–Crippen MR) is 73.1 cm³/mol. The lowest BCUT2D eigenvalue weighted by molar-refractivity contribution is 0.182. The zero-order valence-electron chi connectivity index (χ0n) is 10.9. The molecule has 2 N–H and O–H groups in total. The Labute approximate surface area is 107 Å². The van der Waals surface area contributed by atoms with Crippen LogP contribution >= 0.6 is 0 Å². The number of hydrogen-bond acceptors (Lipinski definition) is 4. The highest BCUT2D eigenvalue weighted by atomic mass is 16.5. The molecule has 1 fully saturated rings. The van der Waals surface area contributed by atoms with Gasteiger partial charge in [-0.3, -0.25) is 4.99 Å². The third kappa shape index (κ3) is 1.55. The molecular formula is C14H19N3O. The van der Waals surface area contributed by atoms with Gasteiger partial charge in [-0.25, -0.2) is 0 Å². The van der Waals surface area contributed by atoms with E-state index in [9.17, 15) is 0 Å². The van der Waals surface area contributed by atoms with Gasteiger partial charge in [0.05, 0.1) is 19.2 Å². The summed E-state index contributed by atoms with van der Waals surface area (Å²) in [6.45, 7) is 3.10. The molecular weight excluding hydrogens is 226 g/mol. The molecule has 0 aromatic heterocycles. The fourth-order valence-corrected chi connectivity index (χ4v) is 3.32. The monoisotopic (exact) mass is 245 g/mol. The summed E-state index contributed by atoms with van der Waals surface area (Å²) >= 11 is 0. The van der Waals surface area contributed by atoms with Gasteiger partial charge in [0.25, 0.3) is 0 Å². The number of rotatable bonds is 2. The number of ether oxygens (including phenoxy) is 1. The van der Waals surface area contributed by atoms with Crippen LogP contribution in [0, 0.1) is 5.92 Å². The molecule has 18 heavy (non-hydrogen) atoms. The first kappa shape index (κ1) is 11.4. The van der Waals surface area contributed by atoms with Gasteiger partial charge in [-0.05, 0) is 30.9 Å². The van der Waals surface area contributed by atoms with Crippen molar-refractivity contribution in [2.45, 2.75) is 25.3 Å². The van der Waals surface area contributed by atoms with Crippen molar-refractivity contribution in [3.8, 4) is 5.75 Å². The molecule has 1 aromatic rings. The first-order valence-electron chi connectivity index (χ1n) is 6.39. The van der Waals surface area contributed by atoms with Crippen molar-refractivity contribution in [3.05, 3.63) is 24.3 Å². The lowest BCUT2D eigenvalue weighted by atomic mass is 9.68. The topological polar surface area (TPSA) is 50.9 Å². The highest BCUT2D eigenvalue weighted by Gasteiger charge is 2.51. The normalized spacial score (nSPS) is 30.2. The lowest BCUT2D eigenvalue weighted by Gasteiger charge is -2.49. The summed E-state index contributed by atoms with van der Waals surface area (Å²) in [7, 11) is 1.68. The molecule has 4 nitrogen and oxygen atoms in total. The van der Waals surface area contributed by atoms with E-state index in [1.165, 1.54) is 0 Å². The first-order valence-corrected chi connectivity index (χ1v) is 6.39. The number of benzene rings is 1. The number of aliphatic imine (C=N–C) groups is 1. The molecule has 0 radical (unpaired) electrons. The van der Waals surface area contributed by atoms with Gasteiger partial charge < -0.3 is 15.4 Å². The van der Waals surface area contributed by atoms with Gasteiger partial charge in [-0.2, -0.15) is 0 Å². The van der Waals surface area contributed by atoms with Crippen LogP contribution in [0.5, 0.6) is 5.75 Å². The second-order valence-electron chi connectivity index (χ2n) is 5.45. The van der Waals surface area contributed by atoms with E-state index in [1.807, 2.05) is 18.2 Å².